The molecule has 1 heterocycles. The van der Waals surface area contributed by atoms with Gasteiger partial charge in [0, 0.05) is 12.1 Å². The van der Waals surface area contributed by atoms with Crippen molar-refractivity contribution in [2.24, 2.45) is 0 Å². The Morgan fingerprint density at radius 3 is 2.35 bits per heavy atom. The number of nitrogens with zero attached hydrogens (tertiary/aromatic N) is 1. The van der Waals surface area contributed by atoms with Crippen molar-refractivity contribution in [2.45, 2.75) is 25.9 Å². The fraction of sp³-hybridized carbons (Fsp3) is 0.235. The third-order valence-corrected chi connectivity index (χ3v) is 3.88. The molecule has 6 heteroatoms. The van der Waals surface area contributed by atoms with Crippen LogP contribution in [0.3, 0.4) is 0 Å². The van der Waals surface area contributed by atoms with Gasteiger partial charge in [0.1, 0.15) is 5.75 Å². The molecule has 1 aliphatic heterocycles. The van der Waals surface area contributed by atoms with Crippen molar-refractivity contribution in [1.82, 2.24) is 4.90 Å². The number of halogens is 3. The van der Waals surface area contributed by atoms with E-state index in [9.17, 15) is 18.0 Å². The summed E-state index contributed by atoms with van der Waals surface area (Å²) in [5, 5.41) is 0. The Balaban J connectivity index is 1.75. The largest absolute Gasteiger partial charge is 0.573 e. The first-order chi connectivity index (χ1) is 10.8. The number of hydrogen-bond donors (Lipinski definition) is 0. The molecule has 1 aliphatic rings. The fourth-order valence-electron chi connectivity index (χ4n) is 2.76. The summed E-state index contributed by atoms with van der Waals surface area (Å²) in [5.41, 5.74) is 2.39. The minimum absolute atomic E-state index is 0.0650. The predicted octanol–water partition coefficient (Wildman–Crippen LogP) is 4.30. The summed E-state index contributed by atoms with van der Waals surface area (Å²) < 4.78 is 40.3. The van der Waals surface area contributed by atoms with Crippen LogP contribution < -0.4 is 4.74 Å². The molecule has 0 N–H and O–H groups in total. The number of carbonyl (C=O) groups excluding carboxylic acids is 1. The second kappa shape index (κ2) is 5.61. The van der Waals surface area contributed by atoms with Gasteiger partial charge >= 0.3 is 6.36 Å². The van der Waals surface area contributed by atoms with Crippen LogP contribution in [0.1, 0.15) is 34.5 Å². The van der Waals surface area contributed by atoms with E-state index < -0.39 is 6.36 Å². The predicted molar refractivity (Wildman–Crippen MR) is 77.9 cm³/mol. The average molecular weight is 321 g/mol. The Bertz CT molecular complexity index is 725. The zero-order chi connectivity index (χ0) is 16.6. The third kappa shape index (κ3) is 3.16. The summed E-state index contributed by atoms with van der Waals surface area (Å²) in [5.74, 6) is -0.339. The Morgan fingerprint density at radius 1 is 1.09 bits per heavy atom. The molecule has 2 aromatic rings. The third-order valence-electron chi connectivity index (χ3n) is 3.88. The number of amides is 1. The second-order valence-corrected chi connectivity index (χ2v) is 5.39. The van der Waals surface area contributed by atoms with Crippen molar-refractivity contribution < 1.29 is 22.7 Å². The number of rotatable bonds is 3. The highest BCUT2D eigenvalue weighted by Crippen LogP contribution is 2.34. The van der Waals surface area contributed by atoms with Crippen molar-refractivity contribution in [2.75, 3.05) is 0 Å². The Labute approximate surface area is 131 Å². The van der Waals surface area contributed by atoms with Gasteiger partial charge in [-0.3, -0.25) is 4.79 Å². The lowest BCUT2D eigenvalue weighted by molar-refractivity contribution is -0.274. The van der Waals surface area contributed by atoms with Crippen molar-refractivity contribution in [3.63, 3.8) is 0 Å². The van der Waals surface area contributed by atoms with E-state index in [4.69, 9.17) is 0 Å². The lowest BCUT2D eigenvalue weighted by Crippen LogP contribution is -2.26. The summed E-state index contributed by atoms with van der Waals surface area (Å²) >= 11 is 0. The molecule has 1 unspecified atom stereocenters. The number of alkyl halides is 3. The topological polar surface area (TPSA) is 29.5 Å². The van der Waals surface area contributed by atoms with Gasteiger partial charge in [0.25, 0.3) is 5.91 Å². The van der Waals surface area contributed by atoms with E-state index in [1.54, 1.807) is 11.0 Å². The van der Waals surface area contributed by atoms with E-state index in [0.717, 1.165) is 11.1 Å². The van der Waals surface area contributed by atoms with Crippen LogP contribution in [0, 0.1) is 0 Å². The van der Waals surface area contributed by atoms with Crippen molar-refractivity contribution in [1.29, 1.82) is 0 Å². The summed E-state index contributed by atoms with van der Waals surface area (Å²) in [6, 6.07) is 12.9. The summed E-state index contributed by atoms with van der Waals surface area (Å²) in [7, 11) is 0. The van der Waals surface area contributed by atoms with Crippen LogP contribution in [0.4, 0.5) is 13.2 Å². The first-order valence-electron chi connectivity index (χ1n) is 7.10. The van der Waals surface area contributed by atoms with Crippen LogP contribution in [0.5, 0.6) is 5.75 Å². The Hall–Kier alpha value is -2.50. The fourth-order valence-corrected chi connectivity index (χ4v) is 2.76. The smallest absolute Gasteiger partial charge is 0.406 e. The molecule has 3 rings (SSSR count). The molecule has 23 heavy (non-hydrogen) atoms. The highest BCUT2D eigenvalue weighted by molar-refractivity contribution is 5.99. The summed E-state index contributed by atoms with van der Waals surface area (Å²) in [6.07, 6.45) is -4.71. The lowest BCUT2D eigenvalue weighted by Gasteiger charge is -2.22. The van der Waals surface area contributed by atoms with Gasteiger partial charge in [-0.05, 0) is 36.2 Å². The van der Waals surface area contributed by atoms with E-state index in [-0.39, 0.29) is 17.7 Å². The molecule has 120 valence electrons. The molecule has 2 aromatic carbocycles. The maximum absolute atomic E-state index is 12.4. The number of benzene rings is 2. The molecule has 0 aliphatic carbocycles. The van der Waals surface area contributed by atoms with E-state index in [2.05, 4.69) is 4.74 Å². The maximum atomic E-state index is 12.4. The monoisotopic (exact) mass is 321 g/mol. The maximum Gasteiger partial charge on any atom is 0.573 e. The molecule has 0 fully saturated rings. The Kier molecular flexibility index (Phi) is 3.75. The van der Waals surface area contributed by atoms with E-state index >= 15 is 0 Å². The van der Waals surface area contributed by atoms with Gasteiger partial charge in [0.2, 0.25) is 0 Å². The molecule has 0 spiro atoms. The van der Waals surface area contributed by atoms with Crippen LogP contribution in [0.25, 0.3) is 0 Å². The summed E-state index contributed by atoms with van der Waals surface area (Å²) in [4.78, 5) is 14.1. The van der Waals surface area contributed by atoms with Crippen molar-refractivity contribution in [3.8, 4) is 5.75 Å². The van der Waals surface area contributed by atoms with E-state index in [1.807, 2.05) is 25.1 Å². The average Bonchev–Trinajstić information content (AvgIpc) is 2.73. The van der Waals surface area contributed by atoms with Crippen LogP contribution in [-0.2, 0) is 6.54 Å². The SMILES string of the molecule is CC1c2ccccc2C(=O)N1Cc1ccc(OC(F)(F)F)cc1. The molecule has 0 saturated heterocycles. The van der Waals surface area contributed by atoms with Gasteiger partial charge < -0.3 is 9.64 Å². The zero-order valence-corrected chi connectivity index (χ0v) is 12.3. The van der Waals surface area contributed by atoms with Crippen LogP contribution in [0.2, 0.25) is 0 Å². The number of carbonyl (C=O) groups is 1. The van der Waals surface area contributed by atoms with Gasteiger partial charge in [-0.1, -0.05) is 30.3 Å². The summed E-state index contributed by atoms with van der Waals surface area (Å²) in [6.45, 7) is 2.27. The van der Waals surface area contributed by atoms with E-state index in [0.29, 0.717) is 12.1 Å². The van der Waals surface area contributed by atoms with Gasteiger partial charge in [-0.2, -0.15) is 0 Å². The quantitative estimate of drug-likeness (QED) is 0.843. The molecule has 1 atom stereocenters. The van der Waals surface area contributed by atoms with Crippen LogP contribution >= 0.6 is 0 Å². The van der Waals surface area contributed by atoms with Gasteiger partial charge in [-0.25, -0.2) is 0 Å². The minimum atomic E-state index is -4.71. The number of hydrogen-bond acceptors (Lipinski definition) is 2. The van der Waals surface area contributed by atoms with Gasteiger partial charge in [0.15, 0.2) is 0 Å². The standard InChI is InChI=1S/C17H14F3NO2/c1-11-14-4-2-3-5-15(14)16(22)21(11)10-12-6-8-13(9-7-12)23-17(18,19)20/h2-9,11H,10H2,1H3. The van der Waals surface area contributed by atoms with Gasteiger partial charge in [0.05, 0.1) is 6.04 Å². The molecule has 0 aromatic heterocycles. The lowest BCUT2D eigenvalue weighted by atomic mass is 10.1. The van der Waals surface area contributed by atoms with E-state index in [1.165, 1.54) is 24.3 Å². The van der Waals surface area contributed by atoms with Crippen LogP contribution in [-0.4, -0.2) is 17.2 Å². The normalized spacial score (nSPS) is 17.3. The van der Waals surface area contributed by atoms with Crippen LogP contribution in [0.15, 0.2) is 48.5 Å². The second-order valence-electron chi connectivity index (χ2n) is 5.39. The molecule has 1 amide bonds. The number of fused-ring (bicyclic) bond motifs is 1. The molecule has 0 radical (unpaired) electrons. The van der Waals surface area contributed by atoms with Gasteiger partial charge in [-0.15, -0.1) is 13.2 Å². The Morgan fingerprint density at radius 2 is 1.74 bits per heavy atom. The van der Waals surface area contributed by atoms with Crippen molar-refractivity contribution in [3.05, 3.63) is 65.2 Å². The number of ether oxygens (including phenoxy) is 1. The zero-order valence-electron chi connectivity index (χ0n) is 12.3. The highest BCUT2D eigenvalue weighted by Gasteiger charge is 2.33. The minimum Gasteiger partial charge on any atom is -0.406 e. The molecule has 0 bridgehead atoms. The first-order valence-corrected chi connectivity index (χ1v) is 7.10. The molecule has 3 nitrogen and oxygen atoms in total. The first kappa shape index (κ1) is 15.4. The molecular formula is C17H14F3NO2. The molecule has 0 saturated carbocycles. The molecular weight excluding hydrogens is 307 g/mol. The highest BCUT2D eigenvalue weighted by atomic mass is 19.4. The van der Waals surface area contributed by atoms with Crippen molar-refractivity contribution >= 4 is 5.91 Å².